The highest BCUT2D eigenvalue weighted by atomic mass is 16.4. The van der Waals surface area contributed by atoms with Gasteiger partial charge in [0.15, 0.2) is 0 Å². The highest BCUT2D eigenvalue weighted by Crippen LogP contribution is 2.18. The third-order valence-corrected chi connectivity index (χ3v) is 2.76. The molecule has 1 rings (SSSR count). The number of hydrogen-bond acceptors (Lipinski definition) is 5. The van der Waals surface area contributed by atoms with Crippen molar-refractivity contribution in [1.29, 1.82) is 0 Å². The molecule has 8 heteroatoms. The number of hydrogen-bond donors (Lipinski definition) is 4. The van der Waals surface area contributed by atoms with E-state index in [1.54, 1.807) is 11.8 Å². The van der Waals surface area contributed by atoms with E-state index in [4.69, 9.17) is 10.8 Å². The second-order valence-electron chi connectivity index (χ2n) is 4.33. The number of nitrogens with zero attached hydrogens (tertiary/aromatic N) is 1. The third kappa shape index (κ3) is 3.67. The second kappa shape index (κ2) is 5.78. The Labute approximate surface area is 104 Å². The zero-order valence-corrected chi connectivity index (χ0v) is 10.2. The number of likely N-dealkylation sites (tertiary alicyclic amines) is 1. The summed E-state index contributed by atoms with van der Waals surface area (Å²) < 4.78 is 0. The normalized spacial score (nSPS) is 23.7. The molecule has 18 heavy (non-hydrogen) atoms. The molecule has 0 spiro atoms. The standard InChI is InChI=1S/C10H18N4O4/c1-2-12-9(18)13-7(15)5-14-4-3-10(11,6-14)8(16)17/h2-6,11H2,1H3,(H,16,17)(H2,12,13,15,18). The number of urea groups is 1. The molecule has 1 unspecified atom stereocenters. The molecule has 0 aromatic carbocycles. The van der Waals surface area contributed by atoms with Gasteiger partial charge in [0.05, 0.1) is 6.54 Å². The van der Waals surface area contributed by atoms with E-state index in [1.165, 1.54) is 0 Å². The van der Waals surface area contributed by atoms with Crippen molar-refractivity contribution in [3.8, 4) is 0 Å². The molecule has 1 heterocycles. The summed E-state index contributed by atoms with van der Waals surface area (Å²) in [5, 5.41) is 13.5. The smallest absolute Gasteiger partial charge is 0.325 e. The molecule has 1 atom stereocenters. The van der Waals surface area contributed by atoms with Crippen LogP contribution in [0.4, 0.5) is 4.79 Å². The van der Waals surface area contributed by atoms with Gasteiger partial charge in [0.2, 0.25) is 5.91 Å². The highest BCUT2D eigenvalue weighted by molar-refractivity contribution is 5.95. The monoisotopic (exact) mass is 258 g/mol. The van der Waals surface area contributed by atoms with Crippen LogP contribution in [0.1, 0.15) is 13.3 Å². The summed E-state index contributed by atoms with van der Waals surface area (Å²) in [7, 11) is 0. The van der Waals surface area contributed by atoms with E-state index in [-0.39, 0.29) is 19.5 Å². The number of imide groups is 1. The first kappa shape index (κ1) is 14.4. The van der Waals surface area contributed by atoms with E-state index in [9.17, 15) is 14.4 Å². The van der Waals surface area contributed by atoms with Crippen LogP contribution < -0.4 is 16.4 Å². The van der Waals surface area contributed by atoms with E-state index < -0.39 is 23.4 Å². The minimum atomic E-state index is -1.30. The Morgan fingerprint density at radius 3 is 2.61 bits per heavy atom. The van der Waals surface area contributed by atoms with Crippen molar-refractivity contribution >= 4 is 17.9 Å². The predicted molar refractivity (Wildman–Crippen MR) is 62.8 cm³/mol. The van der Waals surface area contributed by atoms with Gasteiger partial charge in [0.1, 0.15) is 5.54 Å². The molecule has 0 radical (unpaired) electrons. The molecule has 1 aliphatic rings. The minimum absolute atomic E-state index is 0.0383. The average Bonchev–Trinajstić information content (AvgIpc) is 2.61. The van der Waals surface area contributed by atoms with Gasteiger partial charge in [0.25, 0.3) is 0 Å². The van der Waals surface area contributed by atoms with Crippen LogP contribution in [0, 0.1) is 0 Å². The maximum Gasteiger partial charge on any atom is 0.325 e. The zero-order valence-electron chi connectivity index (χ0n) is 10.2. The number of carboxylic acid groups (broad SMARTS) is 1. The Hall–Kier alpha value is -1.67. The van der Waals surface area contributed by atoms with Crippen LogP contribution in [0.25, 0.3) is 0 Å². The van der Waals surface area contributed by atoms with E-state index in [2.05, 4.69) is 10.6 Å². The molecule has 0 aromatic rings. The molecule has 102 valence electrons. The summed E-state index contributed by atoms with van der Waals surface area (Å²) in [5.41, 5.74) is 4.37. The molecule has 0 aromatic heterocycles. The number of carbonyl (C=O) groups excluding carboxylic acids is 2. The summed E-state index contributed by atoms with van der Waals surface area (Å²) >= 11 is 0. The number of rotatable bonds is 4. The fraction of sp³-hybridized carbons (Fsp3) is 0.700. The topological polar surface area (TPSA) is 125 Å². The Kier molecular flexibility index (Phi) is 4.62. The Balaban J connectivity index is 2.39. The van der Waals surface area contributed by atoms with Gasteiger partial charge in [-0.05, 0) is 13.3 Å². The van der Waals surface area contributed by atoms with Crippen molar-refractivity contribution in [3.05, 3.63) is 0 Å². The minimum Gasteiger partial charge on any atom is -0.480 e. The number of carbonyl (C=O) groups is 3. The van der Waals surface area contributed by atoms with Gasteiger partial charge in [-0.25, -0.2) is 4.79 Å². The van der Waals surface area contributed by atoms with Crippen molar-refractivity contribution in [1.82, 2.24) is 15.5 Å². The number of nitrogens with one attached hydrogen (secondary N) is 2. The van der Waals surface area contributed by atoms with Gasteiger partial charge in [-0.2, -0.15) is 0 Å². The summed E-state index contributed by atoms with van der Waals surface area (Å²) in [6, 6.07) is -0.557. The first-order valence-electron chi connectivity index (χ1n) is 5.69. The molecule has 0 bridgehead atoms. The van der Waals surface area contributed by atoms with Gasteiger partial charge in [-0.3, -0.25) is 19.8 Å². The molecule has 1 saturated heterocycles. The Bertz CT molecular complexity index is 360. The van der Waals surface area contributed by atoms with Crippen molar-refractivity contribution in [2.24, 2.45) is 5.73 Å². The highest BCUT2D eigenvalue weighted by Gasteiger charge is 2.41. The van der Waals surface area contributed by atoms with Crippen LogP contribution in [-0.4, -0.2) is 59.6 Å². The summed E-state index contributed by atoms with van der Waals surface area (Å²) in [6.07, 6.45) is 0.288. The van der Waals surface area contributed by atoms with Crippen LogP contribution in [0.3, 0.4) is 0 Å². The lowest BCUT2D eigenvalue weighted by Gasteiger charge is -2.19. The molecule has 0 aliphatic carbocycles. The first-order chi connectivity index (χ1) is 8.37. The molecular weight excluding hydrogens is 240 g/mol. The Morgan fingerprint density at radius 1 is 1.44 bits per heavy atom. The molecule has 3 amide bonds. The lowest BCUT2D eigenvalue weighted by Crippen LogP contribution is -2.51. The second-order valence-corrected chi connectivity index (χ2v) is 4.33. The van der Waals surface area contributed by atoms with E-state index in [0.717, 1.165) is 0 Å². The van der Waals surface area contributed by atoms with Gasteiger partial charge < -0.3 is 16.2 Å². The third-order valence-electron chi connectivity index (χ3n) is 2.76. The van der Waals surface area contributed by atoms with Crippen LogP contribution in [0.15, 0.2) is 0 Å². The van der Waals surface area contributed by atoms with E-state index >= 15 is 0 Å². The van der Waals surface area contributed by atoms with Gasteiger partial charge in [-0.1, -0.05) is 0 Å². The van der Waals surface area contributed by atoms with Crippen molar-refractivity contribution in [2.75, 3.05) is 26.2 Å². The van der Waals surface area contributed by atoms with Crippen LogP contribution in [0.2, 0.25) is 0 Å². The summed E-state index contributed by atoms with van der Waals surface area (Å²) in [6.45, 7) is 2.65. The number of carboxylic acids is 1. The number of nitrogens with two attached hydrogens (primary N) is 1. The van der Waals surface area contributed by atoms with Gasteiger partial charge >= 0.3 is 12.0 Å². The predicted octanol–water partition coefficient (Wildman–Crippen LogP) is -1.68. The van der Waals surface area contributed by atoms with Crippen molar-refractivity contribution < 1.29 is 19.5 Å². The summed E-state index contributed by atoms with van der Waals surface area (Å²) in [4.78, 5) is 35.1. The fourth-order valence-corrected chi connectivity index (χ4v) is 1.80. The van der Waals surface area contributed by atoms with Crippen LogP contribution in [-0.2, 0) is 9.59 Å². The number of amides is 3. The molecule has 8 nitrogen and oxygen atoms in total. The zero-order chi connectivity index (χ0) is 13.8. The maximum atomic E-state index is 11.5. The molecule has 5 N–H and O–H groups in total. The molecule has 0 saturated carbocycles. The van der Waals surface area contributed by atoms with Crippen molar-refractivity contribution in [2.45, 2.75) is 18.9 Å². The van der Waals surface area contributed by atoms with Crippen LogP contribution in [0.5, 0.6) is 0 Å². The van der Waals surface area contributed by atoms with Crippen molar-refractivity contribution in [3.63, 3.8) is 0 Å². The molecular formula is C10H18N4O4. The van der Waals surface area contributed by atoms with E-state index in [0.29, 0.717) is 13.1 Å². The molecule has 1 fully saturated rings. The average molecular weight is 258 g/mol. The van der Waals surface area contributed by atoms with Gasteiger partial charge in [0, 0.05) is 19.6 Å². The summed E-state index contributed by atoms with van der Waals surface area (Å²) in [5.74, 6) is -1.55. The quantitative estimate of drug-likeness (QED) is 0.477. The van der Waals surface area contributed by atoms with Gasteiger partial charge in [-0.15, -0.1) is 0 Å². The maximum absolute atomic E-state index is 11.5. The van der Waals surface area contributed by atoms with Crippen LogP contribution >= 0.6 is 0 Å². The lowest BCUT2D eigenvalue weighted by molar-refractivity contribution is -0.143. The first-order valence-corrected chi connectivity index (χ1v) is 5.69. The fourth-order valence-electron chi connectivity index (χ4n) is 1.80. The van der Waals surface area contributed by atoms with E-state index in [1.807, 2.05) is 0 Å². The molecule has 1 aliphatic heterocycles. The lowest BCUT2D eigenvalue weighted by atomic mass is 10.0. The number of aliphatic carboxylic acids is 1. The Morgan fingerprint density at radius 2 is 2.11 bits per heavy atom. The largest absolute Gasteiger partial charge is 0.480 e. The SMILES string of the molecule is CCNC(=O)NC(=O)CN1CCC(N)(C(=O)O)C1.